The van der Waals surface area contributed by atoms with E-state index in [1.165, 1.54) is 27.1 Å². The van der Waals surface area contributed by atoms with E-state index in [1.807, 2.05) is 66.7 Å². The average molecular weight is 742 g/mol. The number of aromatic nitrogens is 3. The molecular weight excluding hydrogens is 711 g/mol. The van der Waals surface area contributed by atoms with E-state index < -0.39 is 0 Å². The highest BCUT2D eigenvalue weighted by molar-refractivity contribution is 6.17. The summed E-state index contributed by atoms with van der Waals surface area (Å²) in [6, 6.07) is 65.1. The van der Waals surface area contributed by atoms with Gasteiger partial charge < -0.3 is 8.83 Å². The van der Waals surface area contributed by atoms with Gasteiger partial charge in [-0.1, -0.05) is 152 Å². The zero-order valence-electron chi connectivity index (χ0n) is 31.1. The molecule has 0 aliphatic rings. The van der Waals surface area contributed by atoms with Crippen LogP contribution in [0.4, 0.5) is 0 Å². The maximum atomic E-state index is 6.55. The van der Waals surface area contributed by atoms with Crippen LogP contribution in [0.25, 0.3) is 122 Å². The van der Waals surface area contributed by atoms with Crippen LogP contribution in [-0.4, -0.2) is 15.0 Å². The first-order chi connectivity index (χ1) is 28.7. The Kier molecular flexibility index (Phi) is 7.16. The van der Waals surface area contributed by atoms with Gasteiger partial charge in [-0.15, -0.1) is 0 Å². The predicted molar refractivity (Wildman–Crippen MR) is 237 cm³/mol. The van der Waals surface area contributed by atoms with Crippen molar-refractivity contribution >= 4 is 65.4 Å². The molecular formula is C53H31N3O2. The maximum Gasteiger partial charge on any atom is 0.164 e. The molecule has 0 aliphatic heterocycles. The molecule has 5 nitrogen and oxygen atoms in total. The zero-order chi connectivity index (χ0) is 38.2. The first-order valence-corrected chi connectivity index (χ1v) is 19.4. The van der Waals surface area contributed by atoms with Crippen molar-refractivity contribution in [3.63, 3.8) is 0 Å². The highest BCUT2D eigenvalue weighted by Crippen LogP contribution is 2.42. The van der Waals surface area contributed by atoms with Crippen molar-refractivity contribution < 1.29 is 8.83 Å². The molecule has 3 aromatic heterocycles. The van der Waals surface area contributed by atoms with E-state index in [0.29, 0.717) is 17.5 Å². The lowest BCUT2D eigenvalue weighted by Crippen LogP contribution is -2.01. The quantitative estimate of drug-likeness (QED) is 0.164. The molecule has 12 rings (SSSR count). The van der Waals surface area contributed by atoms with Gasteiger partial charge in [0.25, 0.3) is 0 Å². The van der Waals surface area contributed by atoms with Gasteiger partial charge in [-0.3, -0.25) is 0 Å². The molecule has 12 aromatic rings. The van der Waals surface area contributed by atoms with Crippen LogP contribution in [0, 0.1) is 0 Å². The number of furan rings is 2. The summed E-state index contributed by atoms with van der Waals surface area (Å²) < 4.78 is 12.9. The molecule has 5 heteroatoms. The molecule has 0 N–H and O–H groups in total. The van der Waals surface area contributed by atoms with Gasteiger partial charge in [0.2, 0.25) is 0 Å². The van der Waals surface area contributed by atoms with Gasteiger partial charge in [0.1, 0.15) is 22.3 Å². The van der Waals surface area contributed by atoms with E-state index in [9.17, 15) is 0 Å². The van der Waals surface area contributed by atoms with Crippen molar-refractivity contribution in [3.8, 4) is 56.4 Å². The molecule has 0 saturated heterocycles. The summed E-state index contributed by atoms with van der Waals surface area (Å²) in [6.45, 7) is 0. The first-order valence-electron chi connectivity index (χ1n) is 19.4. The van der Waals surface area contributed by atoms with Gasteiger partial charge >= 0.3 is 0 Å². The van der Waals surface area contributed by atoms with E-state index in [-0.39, 0.29) is 0 Å². The molecule has 9 aromatic carbocycles. The van der Waals surface area contributed by atoms with Gasteiger partial charge in [0.05, 0.1) is 0 Å². The fourth-order valence-corrected chi connectivity index (χ4v) is 8.64. The third-order valence-electron chi connectivity index (χ3n) is 11.3. The summed E-state index contributed by atoms with van der Waals surface area (Å²) >= 11 is 0. The molecule has 0 spiro atoms. The van der Waals surface area contributed by atoms with Crippen molar-refractivity contribution in [2.24, 2.45) is 0 Å². The van der Waals surface area contributed by atoms with Crippen LogP contribution in [-0.2, 0) is 0 Å². The summed E-state index contributed by atoms with van der Waals surface area (Å²) in [6.07, 6.45) is 0. The number of rotatable bonds is 5. The number of benzene rings is 9. The zero-order valence-corrected chi connectivity index (χ0v) is 31.1. The Morgan fingerprint density at radius 3 is 1.78 bits per heavy atom. The van der Waals surface area contributed by atoms with Crippen molar-refractivity contribution in [1.29, 1.82) is 0 Å². The topological polar surface area (TPSA) is 65.0 Å². The van der Waals surface area contributed by atoms with Crippen LogP contribution in [0.15, 0.2) is 197 Å². The Labute approximate surface area is 332 Å². The number of hydrogen-bond acceptors (Lipinski definition) is 5. The largest absolute Gasteiger partial charge is 0.456 e. The van der Waals surface area contributed by atoms with Crippen LogP contribution in [0.5, 0.6) is 0 Å². The van der Waals surface area contributed by atoms with E-state index in [1.54, 1.807) is 0 Å². The average Bonchev–Trinajstić information content (AvgIpc) is 3.86. The first kappa shape index (κ1) is 32.4. The number of para-hydroxylation sites is 1. The van der Waals surface area contributed by atoms with Crippen LogP contribution >= 0.6 is 0 Å². The lowest BCUT2D eigenvalue weighted by atomic mass is 9.93. The Morgan fingerprint density at radius 1 is 0.276 bits per heavy atom. The molecule has 58 heavy (non-hydrogen) atoms. The van der Waals surface area contributed by atoms with E-state index in [4.69, 9.17) is 23.8 Å². The SMILES string of the molecule is c1ccc(-c2nc(-c3ccccc3-c3ccc4c(c3)oc3ccccc34)nc(-c3cccc4oc5ccc(-c6cccc7ccc8ccccc8c67)cc5c34)n2)cc1. The summed E-state index contributed by atoms with van der Waals surface area (Å²) in [5, 5.41) is 9.05. The molecule has 0 bridgehead atoms. The molecule has 0 saturated carbocycles. The van der Waals surface area contributed by atoms with Gasteiger partial charge in [-0.25, -0.2) is 15.0 Å². The van der Waals surface area contributed by atoms with Crippen molar-refractivity contribution in [2.45, 2.75) is 0 Å². The molecule has 0 atom stereocenters. The maximum absolute atomic E-state index is 6.55. The van der Waals surface area contributed by atoms with Crippen LogP contribution < -0.4 is 0 Å². The molecule has 0 aliphatic carbocycles. The third-order valence-corrected chi connectivity index (χ3v) is 11.3. The standard InChI is InChI=1S/C53H31N3O2/c1-2-13-34(14-3-1)51-54-52(42-19-7-6-16-37(42)36-26-28-41-40-18-8-9-22-45(40)58-48(41)31-36)56-53(55-51)43-21-11-23-47-50(43)44-30-35(27-29-46(44)57-47)39-20-10-15-33-25-24-32-12-4-5-17-38(32)49(33)39/h1-31H. The third kappa shape index (κ3) is 5.14. The Hall–Kier alpha value is -7.89. The predicted octanol–water partition coefficient (Wildman–Crippen LogP) is 14.3. The number of fused-ring (bicyclic) bond motifs is 9. The highest BCUT2D eigenvalue weighted by Gasteiger charge is 2.21. The second kappa shape index (κ2) is 12.8. The van der Waals surface area contributed by atoms with Crippen molar-refractivity contribution in [3.05, 3.63) is 188 Å². The molecule has 0 fully saturated rings. The minimum absolute atomic E-state index is 0.571. The number of hydrogen-bond donors (Lipinski definition) is 0. The van der Waals surface area contributed by atoms with Gasteiger partial charge in [-0.2, -0.15) is 0 Å². The fraction of sp³-hybridized carbons (Fsp3) is 0. The molecule has 0 amide bonds. The molecule has 0 radical (unpaired) electrons. The second-order valence-electron chi connectivity index (χ2n) is 14.7. The van der Waals surface area contributed by atoms with Gasteiger partial charge in [0.15, 0.2) is 17.5 Å². The Balaban J connectivity index is 1.06. The van der Waals surface area contributed by atoms with E-state index in [2.05, 4.69) is 121 Å². The lowest BCUT2D eigenvalue weighted by molar-refractivity contribution is 0.668. The van der Waals surface area contributed by atoms with Crippen molar-refractivity contribution in [2.75, 3.05) is 0 Å². The summed E-state index contributed by atoms with van der Waals surface area (Å²) in [4.78, 5) is 15.6. The molecule has 0 unspecified atom stereocenters. The summed E-state index contributed by atoms with van der Waals surface area (Å²) in [7, 11) is 0. The number of nitrogens with zero attached hydrogens (tertiary/aromatic N) is 3. The van der Waals surface area contributed by atoms with Crippen LogP contribution in [0.1, 0.15) is 0 Å². The van der Waals surface area contributed by atoms with E-state index in [0.717, 1.165) is 77.3 Å². The van der Waals surface area contributed by atoms with Crippen molar-refractivity contribution in [1.82, 2.24) is 15.0 Å². The minimum atomic E-state index is 0.571. The van der Waals surface area contributed by atoms with Crippen LogP contribution in [0.3, 0.4) is 0 Å². The molecule has 270 valence electrons. The normalized spacial score (nSPS) is 11.8. The lowest BCUT2D eigenvalue weighted by Gasteiger charge is -2.13. The summed E-state index contributed by atoms with van der Waals surface area (Å²) in [5.74, 6) is 1.75. The monoisotopic (exact) mass is 741 g/mol. The summed E-state index contributed by atoms with van der Waals surface area (Å²) in [5.41, 5.74) is 10.3. The van der Waals surface area contributed by atoms with E-state index >= 15 is 0 Å². The molecule has 3 heterocycles. The second-order valence-corrected chi connectivity index (χ2v) is 14.7. The highest BCUT2D eigenvalue weighted by atomic mass is 16.3. The van der Waals surface area contributed by atoms with Gasteiger partial charge in [-0.05, 0) is 80.2 Å². The Morgan fingerprint density at radius 2 is 0.862 bits per heavy atom. The Bertz CT molecular complexity index is 3580. The minimum Gasteiger partial charge on any atom is -0.456 e. The van der Waals surface area contributed by atoms with Crippen LogP contribution in [0.2, 0.25) is 0 Å². The fourth-order valence-electron chi connectivity index (χ4n) is 8.64. The van der Waals surface area contributed by atoms with Gasteiger partial charge in [0, 0.05) is 38.2 Å². The smallest absolute Gasteiger partial charge is 0.164 e.